The number of halogens is 3. The quantitative estimate of drug-likeness (QED) is 0.801. The normalized spacial score (nSPS) is 17.5. The monoisotopic (exact) mass is 247 g/mol. The van der Waals surface area contributed by atoms with Gasteiger partial charge in [-0.05, 0) is 26.2 Å². The van der Waals surface area contributed by atoms with Crippen LogP contribution in [0.4, 0.5) is 19.0 Å². The number of aryl methyl sites for hydroxylation is 1. The topological polar surface area (TPSA) is 21.1 Å². The van der Waals surface area contributed by atoms with Crippen LogP contribution in [0.3, 0.4) is 0 Å². The number of hydrogen-bond acceptors (Lipinski definition) is 2. The average molecular weight is 247 g/mol. The van der Waals surface area contributed by atoms with Crippen molar-refractivity contribution in [1.82, 2.24) is 9.78 Å². The lowest BCUT2D eigenvalue weighted by atomic mass is 10.1. The van der Waals surface area contributed by atoms with E-state index in [1.807, 2.05) is 4.90 Å². The van der Waals surface area contributed by atoms with Crippen LogP contribution in [0.25, 0.3) is 0 Å². The minimum atomic E-state index is -4.22. The van der Waals surface area contributed by atoms with Gasteiger partial charge >= 0.3 is 6.18 Å². The maximum absolute atomic E-state index is 12.4. The van der Waals surface area contributed by atoms with Crippen molar-refractivity contribution >= 4 is 5.82 Å². The third-order valence-electron chi connectivity index (χ3n) is 2.89. The minimum absolute atomic E-state index is 0.597. The summed E-state index contributed by atoms with van der Waals surface area (Å²) in [4.78, 5) is 2.00. The number of rotatable bonds is 2. The largest absolute Gasteiger partial charge is 0.408 e. The zero-order valence-electron chi connectivity index (χ0n) is 9.80. The first kappa shape index (κ1) is 12.3. The summed E-state index contributed by atoms with van der Waals surface area (Å²) < 4.78 is 38.3. The molecule has 1 aliphatic rings. The van der Waals surface area contributed by atoms with E-state index in [4.69, 9.17) is 0 Å². The van der Waals surface area contributed by atoms with E-state index in [1.165, 1.54) is 0 Å². The van der Waals surface area contributed by atoms with Crippen LogP contribution in [0, 0.1) is 6.92 Å². The highest BCUT2D eigenvalue weighted by Crippen LogP contribution is 2.25. The molecule has 0 atom stereocenters. The number of alkyl halides is 3. The molecule has 1 aliphatic heterocycles. The Morgan fingerprint density at radius 1 is 1.24 bits per heavy atom. The Kier molecular flexibility index (Phi) is 3.31. The van der Waals surface area contributed by atoms with Crippen molar-refractivity contribution in [2.45, 2.75) is 38.9 Å². The van der Waals surface area contributed by atoms with Crippen molar-refractivity contribution in [2.75, 3.05) is 18.0 Å². The Morgan fingerprint density at radius 3 is 2.47 bits per heavy atom. The highest BCUT2D eigenvalue weighted by atomic mass is 19.4. The zero-order chi connectivity index (χ0) is 12.5. The Balaban J connectivity index is 2.20. The number of piperidine rings is 1. The second-order valence-corrected chi connectivity index (χ2v) is 4.46. The summed E-state index contributed by atoms with van der Waals surface area (Å²) in [7, 11) is 0. The van der Waals surface area contributed by atoms with Gasteiger partial charge in [-0.15, -0.1) is 0 Å². The van der Waals surface area contributed by atoms with Crippen molar-refractivity contribution in [3.05, 3.63) is 11.8 Å². The van der Waals surface area contributed by atoms with E-state index in [-0.39, 0.29) is 0 Å². The van der Waals surface area contributed by atoms with E-state index in [0.717, 1.165) is 37.0 Å². The van der Waals surface area contributed by atoms with Gasteiger partial charge in [0.05, 0.1) is 5.69 Å². The third kappa shape index (κ3) is 3.14. The van der Waals surface area contributed by atoms with Crippen molar-refractivity contribution in [3.63, 3.8) is 0 Å². The minimum Gasteiger partial charge on any atom is -0.357 e. The molecule has 0 spiro atoms. The first-order chi connectivity index (χ1) is 7.96. The molecule has 1 aromatic rings. The van der Waals surface area contributed by atoms with Gasteiger partial charge in [0.2, 0.25) is 0 Å². The molecular weight excluding hydrogens is 231 g/mol. The molecule has 0 aliphatic carbocycles. The molecule has 0 saturated carbocycles. The lowest BCUT2D eigenvalue weighted by Crippen LogP contribution is -2.32. The smallest absolute Gasteiger partial charge is 0.357 e. The van der Waals surface area contributed by atoms with Crippen molar-refractivity contribution in [2.24, 2.45) is 0 Å². The van der Waals surface area contributed by atoms with E-state index in [0.29, 0.717) is 11.5 Å². The van der Waals surface area contributed by atoms with Crippen LogP contribution in [-0.4, -0.2) is 29.0 Å². The van der Waals surface area contributed by atoms with Gasteiger partial charge in [0, 0.05) is 19.2 Å². The van der Waals surface area contributed by atoms with Gasteiger partial charge < -0.3 is 4.90 Å². The molecule has 1 saturated heterocycles. The van der Waals surface area contributed by atoms with Crippen LogP contribution >= 0.6 is 0 Å². The molecule has 2 heterocycles. The average Bonchev–Trinajstić information content (AvgIpc) is 2.58. The fourth-order valence-corrected chi connectivity index (χ4v) is 2.20. The van der Waals surface area contributed by atoms with Crippen LogP contribution in [0.5, 0.6) is 0 Å². The first-order valence-electron chi connectivity index (χ1n) is 5.82. The SMILES string of the molecule is Cc1cc(N2CCCCC2)n(CC(F)(F)F)n1. The molecule has 0 N–H and O–H groups in total. The van der Waals surface area contributed by atoms with E-state index >= 15 is 0 Å². The predicted octanol–water partition coefficient (Wildman–Crippen LogP) is 2.74. The molecule has 0 bridgehead atoms. The second-order valence-electron chi connectivity index (χ2n) is 4.46. The van der Waals surface area contributed by atoms with Crippen molar-refractivity contribution < 1.29 is 13.2 Å². The summed E-state index contributed by atoms with van der Waals surface area (Å²) in [5.41, 5.74) is 0.634. The van der Waals surface area contributed by atoms with Crippen LogP contribution in [0.1, 0.15) is 25.0 Å². The molecule has 0 amide bonds. The van der Waals surface area contributed by atoms with Gasteiger partial charge in [-0.25, -0.2) is 4.68 Å². The Morgan fingerprint density at radius 2 is 1.88 bits per heavy atom. The molecule has 3 nitrogen and oxygen atoms in total. The number of nitrogens with zero attached hydrogens (tertiary/aromatic N) is 3. The molecule has 0 unspecified atom stereocenters. The highest BCUT2D eigenvalue weighted by Gasteiger charge is 2.30. The summed E-state index contributed by atoms with van der Waals surface area (Å²) in [6, 6.07) is 1.73. The summed E-state index contributed by atoms with van der Waals surface area (Å²) in [5.74, 6) is 0.597. The van der Waals surface area contributed by atoms with Gasteiger partial charge in [0.15, 0.2) is 0 Å². The fraction of sp³-hybridized carbons (Fsp3) is 0.727. The van der Waals surface area contributed by atoms with Gasteiger partial charge in [0.1, 0.15) is 12.4 Å². The molecule has 0 aromatic carbocycles. The number of aromatic nitrogens is 2. The lowest BCUT2D eigenvalue weighted by Gasteiger charge is -2.29. The molecule has 96 valence electrons. The second kappa shape index (κ2) is 4.58. The van der Waals surface area contributed by atoms with E-state index in [9.17, 15) is 13.2 Å². The zero-order valence-corrected chi connectivity index (χ0v) is 9.80. The highest BCUT2D eigenvalue weighted by molar-refractivity contribution is 5.41. The Labute approximate surface area is 98.2 Å². The van der Waals surface area contributed by atoms with Gasteiger partial charge in [-0.3, -0.25) is 0 Å². The lowest BCUT2D eigenvalue weighted by molar-refractivity contribution is -0.142. The van der Waals surface area contributed by atoms with Gasteiger partial charge in [-0.2, -0.15) is 18.3 Å². The van der Waals surface area contributed by atoms with Crippen LogP contribution in [0.15, 0.2) is 6.07 Å². The van der Waals surface area contributed by atoms with Crippen LogP contribution in [-0.2, 0) is 6.54 Å². The standard InChI is InChI=1S/C11H16F3N3/c1-9-7-10(16-5-3-2-4-6-16)17(15-9)8-11(12,13)14/h7H,2-6,8H2,1H3. The molecule has 17 heavy (non-hydrogen) atoms. The van der Waals surface area contributed by atoms with Crippen LogP contribution < -0.4 is 4.90 Å². The van der Waals surface area contributed by atoms with Crippen molar-refractivity contribution in [1.29, 1.82) is 0 Å². The molecule has 1 aromatic heterocycles. The summed E-state index contributed by atoms with van der Waals surface area (Å²) in [6.45, 7) is 2.36. The maximum Gasteiger partial charge on any atom is 0.408 e. The molecule has 2 rings (SSSR count). The van der Waals surface area contributed by atoms with E-state index in [1.54, 1.807) is 13.0 Å². The number of anilines is 1. The molecule has 6 heteroatoms. The van der Waals surface area contributed by atoms with Crippen LogP contribution in [0.2, 0.25) is 0 Å². The number of hydrogen-bond donors (Lipinski definition) is 0. The maximum atomic E-state index is 12.4. The first-order valence-corrected chi connectivity index (χ1v) is 5.82. The summed E-state index contributed by atoms with van der Waals surface area (Å²) >= 11 is 0. The van der Waals surface area contributed by atoms with Gasteiger partial charge in [-0.1, -0.05) is 0 Å². The van der Waals surface area contributed by atoms with E-state index < -0.39 is 12.7 Å². The van der Waals surface area contributed by atoms with Crippen molar-refractivity contribution in [3.8, 4) is 0 Å². The summed E-state index contributed by atoms with van der Waals surface area (Å²) in [6.07, 6.45) is -0.988. The fourth-order valence-electron chi connectivity index (χ4n) is 2.20. The molecule has 1 fully saturated rings. The molecular formula is C11H16F3N3. The van der Waals surface area contributed by atoms with Gasteiger partial charge in [0.25, 0.3) is 0 Å². The molecule has 0 radical (unpaired) electrons. The van der Waals surface area contributed by atoms with E-state index in [2.05, 4.69) is 5.10 Å². The summed E-state index contributed by atoms with van der Waals surface area (Å²) in [5, 5.41) is 3.93. The Hall–Kier alpha value is -1.20. The third-order valence-corrected chi connectivity index (χ3v) is 2.89. The predicted molar refractivity (Wildman–Crippen MR) is 59.1 cm³/mol. The Bertz CT molecular complexity index is 378.